The number of nitrogens with one attached hydrogen (secondary N) is 1. The molecular formula is C17H25N3O2S. The van der Waals surface area contributed by atoms with Crippen LogP contribution in [0.5, 0.6) is 0 Å². The number of rotatable bonds is 5. The van der Waals surface area contributed by atoms with Gasteiger partial charge in [0.2, 0.25) is 0 Å². The van der Waals surface area contributed by atoms with Crippen LogP contribution in [0.15, 0.2) is 23.7 Å². The maximum atomic E-state index is 11.9. The van der Waals surface area contributed by atoms with Gasteiger partial charge in [-0.25, -0.2) is 4.79 Å². The first-order valence-electron chi connectivity index (χ1n) is 7.77. The van der Waals surface area contributed by atoms with Gasteiger partial charge in [-0.15, -0.1) is 11.3 Å². The fourth-order valence-corrected chi connectivity index (χ4v) is 2.89. The van der Waals surface area contributed by atoms with Gasteiger partial charge in [-0.1, -0.05) is 0 Å². The van der Waals surface area contributed by atoms with E-state index in [1.54, 1.807) is 23.3 Å². The van der Waals surface area contributed by atoms with Crippen molar-refractivity contribution in [1.82, 2.24) is 15.2 Å². The third-order valence-corrected chi connectivity index (χ3v) is 4.28. The van der Waals surface area contributed by atoms with Gasteiger partial charge >= 0.3 is 6.09 Å². The zero-order valence-corrected chi connectivity index (χ0v) is 15.2. The van der Waals surface area contributed by atoms with E-state index in [4.69, 9.17) is 4.74 Å². The topological polar surface area (TPSA) is 54.5 Å². The standard InChI is InChI=1S/C17H25N3O2S/c1-12(13-10-15-14(19-11-13)6-9-23-15)18-7-8-20(5)16(21)22-17(2,3)4/h6,9-12,18H,7-8H2,1-5H3. The van der Waals surface area contributed by atoms with Crippen molar-refractivity contribution in [1.29, 1.82) is 0 Å². The number of ether oxygens (including phenoxy) is 1. The molecule has 0 saturated heterocycles. The number of aromatic nitrogens is 1. The number of thiophene rings is 1. The molecule has 0 aliphatic carbocycles. The van der Waals surface area contributed by atoms with E-state index in [1.165, 1.54) is 4.70 Å². The summed E-state index contributed by atoms with van der Waals surface area (Å²) in [6.45, 7) is 8.99. The van der Waals surface area contributed by atoms with Crippen molar-refractivity contribution in [2.24, 2.45) is 0 Å². The maximum Gasteiger partial charge on any atom is 0.410 e. The normalized spacial score (nSPS) is 13.1. The highest BCUT2D eigenvalue weighted by Crippen LogP contribution is 2.22. The van der Waals surface area contributed by atoms with Crippen molar-refractivity contribution in [2.75, 3.05) is 20.1 Å². The predicted molar refractivity (Wildman–Crippen MR) is 94.9 cm³/mol. The lowest BCUT2D eigenvalue weighted by molar-refractivity contribution is 0.0299. The monoisotopic (exact) mass is 335 g/mol. The van der Waals surface area contributed by atoms with E-state index in [-0.39, 0.29) is 12.1 Å². The molecule has 5 nitrogen and oxygen atoms in total. The molecule has 0 spiro atoms. The second-order valence-corrected chi connectivity index (χ2v) is 7.60. The number of fused-ring (bicyclic) bond motifs is 1. The second-order valence-electron chi connectivity index (χ2n) is 6.65. The van der Waals surface area contributed by atoms with Crippen molar-refractivity contribution >= 4 is 27.6 Å². The number of carbonyl (C=O) groups is 1. The van der Waals surface area contributed by atoms with Crippen molar-refractivity contribution in [3.05, 3.63) is 29.3 Å². The molecule has 0 aromatic carbocycles. The van der Waals surface area contributed by atoms with E-state index in [9.17, 15) is 4.79 Å². The van der Waals surface area contributed by atoms with Crippen LogP contribution < -0.4 is 5.32 Å². The van der Waals surface area contributed by atoms with Gasteiger partial charge in [0, 0.05) is 32.4 Å². The minimum atomic E-state index is -0.464. The lowest BCUT2D eigenvalue weighted by Crippen LogP contribution is -2.38. The number of carbonyl (C=O) groups excluding carboxylic acids is 1. The molecule has 2 heterocycles. The van der Waals surface area contributed by atoms with Crippen molar-refractivity contribution < 1.29 is 9.53 Å². The van der Waals surface area contributed by atoms with Crippen LogP contribution >= 0.6 is 11.3 Å². The van der Waals surface area contributed by atoms with Gasteiger partial charge in [0.05, 0.1) is 10.2 Å². The zero-order valence-electron chi connectivity index (χ0n) is 14.4. The summed E-state index contributed by atoms with van der Waals surface area (Å²) < 4.78 is 6.53. The number of hydrogen-bond donors (Lipinski definition) is 1. The van der Waals surface area contributed by atoms with Gasteiger partial charge in [-0.2, -0.15) is 0 Å². The van der Waals surface area contributed by atoms with Crippen LogP contribution in [0.3, 0.4) is 0 Å². The van der Waals surface area contributed by atoms with Crippen LogP contribution in [0, 0.1) is 0 Å². The molecule has 0 fully saturated rings. The van der Waals surface area contributed by atoms with Gasteiger partial charge in [-0.3, -0.25) is 4.98 Å². The van der Waals surface area contributed by atoms with Crippen molar-refractivity contribution in [3.8, 4) is 0 Å². The fraction of sp³-hybridized carbons (Fsp3) is 0.529. The van der Waals surface area contributed by atoms with Gasteiger partial charge < -0.3 is 15.0 Å². The number of nitrogens with zero attached hydrogens (tertiary/aromatic N) is 2. The Labute approximate surface area is 141 Å². The highest BCUT2D eigenvalue weighted by atomic mass is 32.1. The average molecular weight is 335 g/mol. The summed E-state index contributed by atoms with van der Waals surface area (Å²) in [5.74, 6) is 0. The van der Waals surface area contributed by atoms with Crippen molar-refractivity contribution in [3.63, 3.8) is 0 Å². The van der Waals surface area contributed by atoms with Crippen LogP contribution in [0.2, 0.25) is 0 Å². The fourth-order valence-electron chi connectivity index (χ4n) is 2.10. The largest absolute Gasteiger partial charge is 0.444 e. The van der Waals surface area contributed by atoms with Crippen LogP contribution in [0.25, 0.3) is 10.2 Å². The molecule has 23 heavy (non-hydrogen) atoms. The molecule has 6 heteroatoms. The number of pyridine rings is 1. The van der Waals surface area contributed by atoms with E-state index in [2.05, 4.69) is 28.7 Å². The Kier molecular flexibility index (Phi) is 5.59. The first kappa shape index (κ1) is 17.7. The molecule has 1 atom stereocenters. The molecule has 2 aromatic rings. The third-order valence-electron chi connectivity index (χ3n) is 3.43. The minimum absolute atomic E-state index is 0.182. The summed E-state index contributed by atoms with van der Waals surface area (Å²) in [5.41, 5.74) is 1.73. The number of likely N-dealkylation sites (N-methyl/N-ethyl adjacent to an activating group) is 1. The lowest BCUT2D eigenvalue weighted by Gasteiger charge is -2.25. The first-order chi connectivity index (χ1) is 10.8. The number of amides is 1. The summed E-state index contributed by atoms with van der Waals surface area (Å²) in [4.78, 5) is 17.9. The lowest BCUT2D eigenvalue weighted by atomic mass is 10.1. The molecule has 126 valence electrons. The Morgan fingerprint density at radius 2 is 2.22 bits per heavy atom. The molecule has 2 aromatic heterocycles. The molecule has 0 bridgehead atoms. The average Bonchev–Trinajstić information content (AvgIpc) is 2.92. The molecule has 0 aliphatic rings. The summed E-state index contributed by atoms with van der Waals surface area (Å²) in [6.07, 6.45) is 1.61. The van der Waals surface area contributed by atoms with E-state index >= 15 is 0 Å². The molecule has 1 amide bonds. The van der Waals surface area contributed by atoms with E-state index < -0.39 is 5.60 Å². The Morgan fingerprint density at radius 1 is 1.48 bits per heavy atom. The first-order valence-corrected chi connectivity index (χ1v) is 8.65. The summed E-state index contributed by atoms with van der Waals surface area (Å²) in [5, 5.41) is 5.47. The highest BCUT2D eigenvalue weighted by molar-refractivity contribution is 7.17. The molecular weight excluding hydrogens is 310 g/mol. The van der Waals surface area contributed by atoms with Crippen LogP contribution in [-0.4, -0.2) is 41.7 Å². The van der Waals surface area contributed by atoms with Gasteiger partial charge in [0.1, 0.15) is 5.60 Å². The van der Waals surface area contributed by atoms with E-state index in [1.807, 2.05) is 33.0 Å². The molecule has 2 rings (SSSR count). The summed E-state index contributed by atoms with van der Waals surface area (Å²) >= 11 is 1.70. The number of hydrogen-bond acceptors (Lipinski definition) is 5. The van der Waals surface area contributed by atoms with Gasteiger partial charge in [-0.05, 0) is 50.8 Å². The Balaban J connectivity index is 1.82. The van der Waals surface area contributed by atoms with Crippen LogP contribution in [0.4, 0.5) is 4.79 Å². The molecule has 0 aliphatic heterocycles. The SMILES string of the molecule is CC(NCCN(C)C(=O)OC(C)(C)C)c1cnc2ccsc2c1. The van der Waals surface area contributed by atoms with Crippen LogP contribution in [0.1, 0.15) is 39.3 Å². The highest BCUT2D eigenvalue weighted by Gasteiger charge is 2.19. The van der Waals surface area contributed by atoms with E-state index in [0.717, 1.165) is 11.1 Å². The predicted octanol–water partition coefficient (Wildman–Crippen LogP) is 3.81. The quantitative estimate of drug-likeness (QED) is 0.902. The van der Waals surface area contributed by atoms with Crippen molar-refractivity contribution in [2.45, 2.75) is 39.3 Å². The Morgan fingerprint density at radius 3 is 2.91 bits per heavy atom. The molecule has 0 saturated carbocycles. The van der Waals surface area contributed by atoms with E-state index in [0.29, 0.717) is 13.1 Å². The Hall–Kier alpha value is -1.66. The molecule has 0 radical (unpaired) electrons. The van der Waals surface area contributed by atoms with Gasteiger partial charge in [0.15, 0.2) is 0 Å². The third kappa shape index (κ3) is 5.18. The minimum Gasteiger partial charge on any atom is -0.444 e. The van der Waals surface area contributed by atoms with Crippen LogP contribution in [-0.2, 0) is 4.74 Å². The summed E-state index contributed by atoms with van der Waals surface area (Å²) in [7, 11) is 1.75. The summed E-state index contributed by atoms with van der Waals surface area (Å²) in [6, 6.07) is 4.38. The second kappa shape index (κ2) is 7.27. The smallest absolute Gasteiger partial charge is 0.410 e. The zero-order chi connectivity index (χ0) is 17.0. The molecule has 1 unspecified atom stereocenters. The Bertz CT molecular complexity index is 663. The maximum absolute atomic E-state index is 11.9. The molecule has 1 N–H and O–H groups in total. The van der Waals surface area contributed by atoms with Gasteiger partial charge in [0.25, 0.3) is 0 Å².